The molecule has 4 heteroatoms. The summed E-state index contributed by atoms with van der Waals surface area (Å²) in [4.78, 5) is 13.6. The molecule has 2 atom stereocenters. The Morgan fingerprint density at radius 2 is 2.11 bits per heavy atom. The molecule has 1 aromatic rings. The number of rotatable bonds is 5. The van der Waals surface area contributed by atoms with Gasteiger partial charge in [0.2, 0.25) is 0 Å². The Bertz CT molecular complexity index is 407. The number of carbonyl (C=O) groups is 1. The van der Waals surface area contributed by atoms with Crippen LogP contribution in [0.15, 0.2) is 30.3 Å². The number of likely N-dealkylation sites (tertiary alicyclic amines) is 1. The van der Waals surface area contributed by atoms with E-state index in [0.717, 1.165) is 31.5 Å². The zero-order chi connectivity index (χ0) is 13.7. The average Bonchev–Trinajstić information content (AvgIpc) is 2.45. The number of benzene rings is 1. The second kappa shape index (κ2) is 6.68. The minimum Gasteiger partial charge on any atom is -0.481 e. The first-order chi connectivity index (χ1) is 9.20. The summed E-state index contributed by atoms with van der Waals surface area (Å²) in [7, 11) is 0. The Kier molecular flexibility index (Phi) is 4.93. The van der Waals surface area contributed by atoms with Crippen LogP contribution in [0.2, 0.25) is 0 Å². The van der Waals surface area contributed by atoms with Gasteiger partial charge in [-0.15, -0.1) is 0 Å². The lowest BCUT2D eigenvalue weighted by Crippen LogP contribution is -2.40. The second-order valence-corrected chi connectivity index (χ2v) is 5.25. The van der Waals surface area contributed by atoms with Crippen molar-refractivity contribution in [2.24, 2.45) is 5.92 Å². The van der Waals surface area contributed by atoms with Gasteiger partial charge in [0.25, 0.3) is 0 Å². The SMILES string of the molecule is O=C(O)C(CN1CCCC(CO)C1)c1ccccc1. The highest BCUT2D eigenvalue weighted by Crippen LogP contribution is 2.22. The van der Waals surface area contributed by atoms with Crippen LogP contribution in [-0.2, 0) is 4.79 Å². The number of hydrogen-bond donors (Lipinski definition) is 2. The topological polar surface area (TPSA) is 60.8 Å². The van der Waals surface area contributed by atoms with Gasteiger partial charge >= 0.3 is 5.97 Å². The number of nitrogens with zero attached hydrogens (tertiary/aromatic N) is 1. The van der Waals surface area contributed by atoms with Crippen molar-refractivity contribution < 1.29 is 15.0 Å². The van der Waals surface area contributed by atoms with Crippen LogP contribution in [0.1, 0.15) is 24.3 Å². The maximum Gasteiger partial charge on any atom is 0.312 e. The van der Waals surface area contributed by atoms with Crippen molar-refractivity contribution in [2.75, 3.05) is 26.2 Å². The smallest absolute Gasteiger partial charge is 0.312 e. The zero-order valence-electron chi connectivity index (χ0n) is 11.0. The van der Waals surface area contributed by atoms with Crippen LogP contribution in [0.4, 0.5) is 0 Å². The van der Waals surface area contributed by atoms with Crippen LogP contribution in [0.25, 0.3) is 0 Å². The summed E-state index contributed by atoms with van der Waals surface area (Å²) in [6.07, 6.45) is 2.07. The third-order valence-corrected chi connectivity index (χ3v) is 3.80. The number of aliphatic carboxylic acids is 1. The van der Waals surface area contributed by atoms with E-state index in [1.54, 1.807) is 0 Å². The predicted molar refractivity (Wildman–Crippen MR) is 73.1 cm³/mol. The molecule has 0 aliphatic carbocycles. The van der Waals surface area contributed by atoms with Gasteiger partial charge in [0.15, 0.2) is 0 Å². The fourth-order valence-electron chi connectivity index (χ4n) is 2.74. The molecular formula is C15H21NO3. The van der Waals surface area contributed by atoms with Crippen molar-refractivity contribution in [1.29, 1.82) is 0 Å². The fourth-order valence-corrected chi connectivity index (χ4v) is 2.74. The van der Waals surface area contributed by atoms with E-state index in [9.17, 15) is 15.0 Å². The summed E-state index contributed by atoms with van der Waals surface area (Å²) < 4.78 is 0. The molecule has 1 saturated heterocycles. The lowest BCUT2D eigenvalue weighted by molar-refractivity contribution is -0.139. The van der Waals surface area contributed by atoms with Crippen LogP contribution in [0.3, 0.4) is 0 Å². The summed E-state index contributed by atoms with van der Waals surface area (Å²) >= 11 is 0. The number of carboxylic acids is 1. The fraction of sp³-hybridized carbons (Fsp3) is 0.533. The molecule has 104 valence electrons. The maximum atomic E-state index is 11.4. The van der Waals surface area contributed by atoms with Crippen LogP contribution in [-0.4, -0.2) is 47.3 Å². The van der Waals surface area contributed by atoms with Crippen LogP contribution < -0.4 is 0 Å². The molecule has 1 heterocycles. The molecule has 0 amide bonds. The van der Waals surface area contributed by atoms with E-state index in [2.05, 4.69) is 4.90 Å². The Morgan fingerprint density at radius 1 is 1.37 bits per heavy atom. The Labute approximate surface area is 113 Å². The molecule has 1 aliphatic heterocycles. The van der Waals surface area contributed by atoms with Crippen molar-refractivity contribution in [2.45, 2.75) is 18.8 Å². The normalized spacial score (nSPS) is 22.1. The van der Waals surface area contributed by atoms with Crippen LogP contribution >= 0.6 is 0 Å². The highest BCUT2D eigenvalue weighted by atomic mass is 16.4. The van der Waals surface area contributed by atoms with Crippen LogP contribution in [0.5, 0.6) is 0 Å². The Balaban J connectivity index is 2.03. The third kappa shape index (κ3) is 3.78. The van der Waals surface area contributed by atoms with Gasteiger partial charge < -0.3 is 15.1 Å². The molecule has 1 aromatic carbocycles. The first-order valence-corrected chi connectivity index (χ1v) is 6.81. The molecule has 2 N–H and O–H groups in total. The van der Waals surface area contributed by atoms with Crippen molar-refractivity contribution in [1.82, 2.24) is 4.90 Å². The van der Waals surface area contributed by atoms with Gasteiger partial charge in [0.1, 0.15) is 0 Å². The number of aliphatic hydroxyl groups is 1. The maximum absolute atomic E-state index is 11.4. The Morgan fingerprint density at radius 3 is 2.74 bits per heavy atom. The minimum absolute atomic E-state index is 0.194. The van der Waals surface area contributed by atoms with Gasteiger partial charge in [-0.25, -0.2) is 0 Å². The highest BCUT2D eigenvalue weighted by Gasteiger charge is 2.26. The third-order valence-electron chi connectivity index (χ3n) is 3.80. The molecule has 4 nitrogen and oxygen atoms in total. The molecule has 0 radical (unpaired) electrons. The molecule has 1 aliphatic rings. The first-order valence-electron chi connectivity index (χ1n) is 6.81. The van der Waals surface area contributed by atoms with E-state index in [1.807, 2.05) is 30.3 Å². The number of aliphatic hydroxyl groups excluding tert-OH is 1. The summed E-state index contributed by atoms with van der Waals surface area (Å²) in [6.45, 7) is 2.44. The van der Waals surface area contributed by atoms with E-state index in [4.69, 9.17) is 0 Å². The Hall–Kier alpha value is -1.39. The van der Waals surface area contributed by atoms with Gasteiger partial charge in [0, 0.05) is 19.7 Å². The van der Waals surface area contributed by atoms with Crippen molar-refractivity contribution in [3.05, 3.63) is 35.9 Å². The summed E-state index contributed by atoms with van der Waals surface area (Å²) in [5, 5.41) is 18.6. The van der Waals surface area contributed by atoms with Crippen molar-refractivity contribution in [3.8, 4) is 0 Å². The lowest BCUT2D eigenvalue weighted by atomic mass is 9.95. The molecule has 0 saturated carbocycles. The lowest BCUT2D eigenvalue weighted by Gasteiger charge is -2.33. The minimum atomic E-state index is -0.780. The summed E-state index contributed by atoms with van der Waals surface area (Å²) in [6, 6.07) is 9.37. The molecule has 1 fully saturated rings. The largest absolute Gasteiger partial charge is 0.481 e. The van der Waals surface area contributed by atoms with Gasteiger partial charge in [-0.1, -0.05) is 30.3 Å². The second-order valence-electron chi connectivity index (χ2n) is 5.25. The number of hydrogen-bond acceptors (Lipinski definition) is 3. The van der Waals surface area contributed by atoms with E-state index < -0.39 is 11.9 Å². The molecule has 0 aromatic heterocycles. The van der Waals surface area contributed by atoms with E-state index >= 15 is 0 Å². The van der Waals surface area contributed by atoms with Gasteiger partial charge in [-0.05, 0) is 30.9 Å². The quantitative estimate of drug-likeness (QED) is 0.846. The summed E-state index contributed by atoms with van der Waals surface area (Å²) in [5.41, 5.74) is 0.848. The van der Waals surface area contributed by atoms with Crippen molar-refractivity contribution in [3.63, 3.8) is 0 Å². The standard InChI is InChI=1S/C15H21NO3/c17-11-12-5-4-8-16(9-12)10-14(15(18)19)13-6-2-1-3-7-13/h1-3,6-7,12,14,17H,4-5,8-11H2,(H,18,19). The van der Waals surface area contributed by atoms with E-state index in [0.29, 0.717) is 12.5 Å². The first kappa shape index (κ1) is 14.0. The molecule has 2 rings (SSSR count). The molecule has 2 unspecified atom stereocenters. The van der Waals surface area contributed by atoms with Crippen molar-refractivity contribution >= 4 is 5.97 Å². The number of piperidine rings is 1. The molecule has 0 bridgehead atoms. The highest BCUT2D eigenvalue weighted by molar-refractivity contribution is 5.76. The summed E-state index contributed by atoms with van der Waals surface area (Å²) in [5.74, 6) is -0.977. The molecular weight excluding hydrogens is 242 g/mol. The monoisotopic (exact) mass is 263 g/mol. The predicted octanol–water partition coefficient (Wildman–Crippen LogP) is 1.56. The van der Waals surface area contributed by atoms with E-state index in [1.165, 1.54) is 0 Å². The van der Waals surface area contributed by atoms with Crippen LogP contribution in [0, 0.1) is 5.92 Å². The van der Waals surface area contributed by atoms with Gasteiger partial charge in [-0.2, -0.15) is 0 Å². The number of carboxylic acid groups (broad SMARTS) is 1. The van der Waals surface area contributed by atoms with Gasteiger partial charge in [-0.3, -0.25) is 4.79 Å². The van der Waals surface area contributed by atoms with Gasteiger partial charge in [0.05, 0.1) is 5.92 Å². The zero-order valence-corrected chi connectivity index (χ0v) is 11.0. The average molecular weight is 263 g/mol. The molecule has 0 spiro atoms. The van der Waals surface area contributed by atoms with E-state index in [-0.39, 0.29) is 6.61 Å². The molecule has 19 heavy (non-hydrogen) atoms.